The van der Waals surface area contributed by atoms with Crippen LogP contribution >= 0.6 is 0 Å². The van der Waals surface area contributed by atoms with E-state index in [-0.39, 0.29) is 18.1 Å². The highest BCUT2D eigenvalue weighted by Crippen LogP contribution is 2.36. The molecule has 0 atom stereocenters. The van der Waals surface area contributed by atoms with Crippen LogP contribution in [0.1, 0.15) is 25.1 Å². The molecule has 1 fully saturated rings. The molecule has 0 bridgehead atoms. The Morgan fingerprint density at radius 1 is 0.969 bits per heavy atom. The predicted octanol–water partition coefficient (Wildman–Crippen LogP) is 4.34. The smallest absolute Gasteiger partial charge is 0.162 e. The molecule has 0 amide bonds. The number of aromatic amines is 1. The lowest BCUT2D eigenvalue weighted by atomic mass is 10.1. The number of hydrogen-bond donors (Lipinski definition) is 3. The first kappa shape index (κ1) is 20.2. The monoisotopic (exact) mass is 433 g/mol. The highest BCUT2D eigenvalue weighted by molar-refractivity contribution is 6.30. The van der Waals surface area contributed by atoms with Gasteiger partial charge < -0.3 is 29.4 Å². The third kappa shape index (κ3) is 3.41. The molecular weight excluding hydrogens is 406 g/mol. The fourth-order valence-electron chi connectivity index (χ4n) is 4.51. The minimum Gasteiger partial charge on any atom is -0.509 e. The van der Waals surface area contributed by atoms with Crippen LogP contribution in [0, 0.1) is 5.41 Å². The Balaban J connectivity index is 1.44. The molecule has 0 unspecified atom stereocenters. The van der Waals surface area contributed by atoms with E-state index in [1.807, 2.05) is 12.1 Å². The molecule has 1 aromatic heterocycles. The Bertz CT molecular complexity index is 1210. The summed E-state index contributed by atoms with van der Waals surface area (Å²) in [5.41, 5.74) is 4.05. The van der Waals surface area contributed by atoms with E-state index in [1.54, 1.807) is 31.3 Å². The van der Waals surface area contributed by atoms with Crippen molar-refractivity contribution in [2.24, 2.45) is 0 Å². The number of methoxy groups -OCH3 is 2. The van der Waals surface area contributed by atoms with E-state index in [0.29, 0.717) is 22.9 Å². The second-order valence-electron chi connectivity index (χ2n) is 8.13. The summed E-state index contributed by atoms with van der Waals surface area (Å²) in [6, 6.07) is 11.6. The molecule has 1 saturated heterocycles. The van der Waals surface area contributed by atoms with Crippen LogP contribution in [-0.4, -0.2) is 54.8 Å². The van der Waals surface area contributed by atoms with E-state index < -0.39 is 0 Å². The highest BCUT2D eigenvalue weighted by atomic mass is 16.5. The van der Waals surface area contributed by atoms with Gasteiger partial charge in [-0.3, -0.25) is 5.41 Å². The summed E-state index contributed by atoms with van der Waals surface area (Å²) in [4.78, 5) is 12.1. The summed E-state index contributed by atoms with van der Waals surface area (Å²) in [6.45, 7) is 2.34. The molecular formula is C24H27N5O3. The third-order valence-electron chi connectivity index (χ3n) is 6.21. The van der Waals surface area contributed by atoms with Crippen molar-refractivity contribution in [2.75, 3.05) is 43.7 Å². The molecule has 8 heteroatoms. The minimum atomic E-state index is 0.111. The zero-order valence-corrected chi connectivity index (χ0v) is 18.3. The van der Waals surface area contributed by atoms with E-state index >= 15 is 0 Å². The lowest BCUT2D eigenvalue weighted by molar-refractivity contribution is 0.355. The van der Waals surface area contributed by atoms with Crippen molar-refractivity contribution in [3.05, 3.63) is 48.0 Å². The van der Waals surface area contributed by atoms with Gasteiger partial charge in [-0.15, -0.1) is 0 Å². The van der Waals surface area contributed by atoms with E-state index in [4.69, 9.17) is 14.9 Å². The number of hydrogen-bond acceptors (Lipinski definition) is 6. The number of aliphatic hydroxyl groups excluding tert-OH is 1. The Morgan fingerprint density at radius 2 is 1.72 bits per heavy atom. The van der Waals surface area contributed by atoms with Crippen LogP contribution < -0.4 is 19.3 Å². The molecule has 2 aliphatic heterocycles. The average molecular weight is 434 g/mol. The summed E-state index contributed by atoms with van der Waals surface area (Å²) >= 11 is 0. The van der Waals surface area contributed by atoms with Crippen LogP contribution in [0.2, 0.25) is 0 Å². The number of aliphatic hydroxyl groups is 1. The van der Waals surface area contributed by atoms with Crippen molar-refractivity contribution in [3.8, 4) is 11.5 Å². The number of fused-ring (bicyclic) bond motifs is 1. The third-order valence-corrected chi connectivity index (χ3v) is 6.21. The largest absolute Gasteiger partial charge is 0.509 e. The quantitative estimate of drug-likeness (QED) is 0.554. The number of ether oxygens (including phenoxy) is 2. The van der Waals surface area contributed by atoms with Crippen LogP contribution in [0.5, 0.6) is 11.5 Å². The SMILES string of the molecule is COc1ccc(N2CC(O)=C(c3nc4ccc(N5CCCCC5)cc4[nH]3)C2=N)cc1OC. The van der Waals surface area contributed by atoms with Gasteiger partial charge in [0.25, 0.3) is 0 Å². The first-order chi connectivity index (χ1) is 15.6. The van der Waals surface area contributed by atoms with Gasteiger partial charge in [-0.05, 0) is 49.6 Å². The Labute approximate surface area is 186 Å². The number of piperidine rings is 1. The van der Waals surface area contributed by atoms with Gasteiger partial charge in [0.2, 0.25) is 0 Å². The van der Waals surface area contributed by atoms with Gasteiger partial charge in [0.05, 0.1) is 37.4 Å². The number of anilines is 2. The van der Waals surface area contributed by atoms with Gasteiger partial charge in [-0.1, -0.05) is 0 Å². The summed E-state index contributed by atoms with van der Waals surface area (Å²) in [7, 11) is 3.16. The molecule has 0 aliphatic carbocycles. The van der Waals surface area contributed by atoms with Crippen LogP contribution in [0.15, 0.2) is 42.2 Å². The molecule has 166 valence electrons. The van der Waals surface area contributed by atoms with Crippen molar-refractivity contribution in [1.29, 1.82) is 5.41 Å². The number of amidine groups is 1. The van der Waals surface area contributed by atoms with Crippen LogP contribution in [-0.2, 0) is 0 Å². The number of imidazole rings is 1. The highest BCUT2D eigenvalue weighted by Gasteiger charge is 2.32. The van der Waals surface area contributed by atoms with E-state index in [0.717, 1.165) is 29.8 Å². The van der Waals surface area contributed by atoms with Crippen LogP contribution in [0.4, 0.5) is 11.4 Å². The second-order valence-corrected chi connectivity index (χ2v) is 8.13. The molecule has 8 nitrogen and oxygen atoms in total. The normalized spacial score (nSPS) is 16.9. The molecule has 0 saturated carbocycles. The van der Waals surface area contributed by atoms with Crippen molar-refractivity contribution < 1.29 is 14.6 Å². The maximum atomic E-state index is 10.7. The number of rotatable bonds is 5. The number of benzene rings is 2. The Hall–Kier alpha value is -3.68. The van der Waals surface area contributed by atoms with Gasteiger partial charge in [0.15, 0.2) is 11.5 Å². The van der Waals surface area contributed by atoms with Crippen molar-refractivity contribution in [3.63, 3.8) is 0 Å². The predicted molar refractivity (Wildman–Crippen MR) is 126 cm³/mol. The standard InChI is InChI=1S/C24H27N5O3/c1-31-20-9-7-16(13-21(20)32-2)29-14-19(30)22(23(29)25)24-26-17-8-6-15(12-18(17)27-24)28-10-4-3-5-11-28/h6-9,12-13,25,30H,3-5,10-11,14H2,1-2H3,(H,26,27). The molecule has 0 spiro atoms. The van der Waals surface area contributed by atoms with Gasteiger partial charge in [-0.25, -0.2) is 4.98 Å². The van der Waals surface area contributed by atoms with Crippen LogP contribution in [0.25, 0.3) is 16.6 Å². The Kier molecular flexibility index (Phi) is 5.13. The maximum absolute atomic E-state index is 10.7. The number of H-pyrrole nitrogens is 1. The van der Waals surface area contributed by atoms with Gasteiger partial charge in [0, 0.05) is 30.5 Å². The zero-order chi connectivity index (χ0) is 22.2. The van der Waals surface area contributed by atoms with Crippen LogP contribution in [0.3, 0.4) is 0 Å². The summed E-state index contributed by atoms with van der Waals surface area (Å²) in [5, 5.41) is 19.5. The van der Waals surface area contributed by atoms with Gasteiger partial charge in [-0.2, -0.15) is 0 Å². The number of nitrogens with one attached hydrogen (secondary N) is 2. The minimum absolute atomic E-state index is 0.111. The maximum Gasteiger partial charge on any atom is 0.162 e. The number of aromatic nitrogens is 2. The average Bonchev–Trinajstić information content (AvgIpc) is 3.38. The molecule has 2 aliphatic rings. The molecule has 5 rings (SSSR count). The van der Waals surface area contributed by atoms with E-state index in [1.165, 1.54) is 24.9 Å². The number of nitrogens with zero attached hydrogens (tertiary/aromatic N) is 3. The lowest BCUT2D eigenvalue weighted by Gasteiger charge is -2.28. The molecule has 3 aromatic rings. The topological polar surface area (TPSA) is 97.7 Å². The molecule has 3 N–H and O–H groups in total. The molecule has 0 radical (unpaired) electrons. The van der Waals surface area contributed by atoms with Crippen molar-refractivity contribution >= 4 is 33.8 Å². The summed E-state index contributed by atoms with van der Waals surface area (Å²) in [5.74, 6) is 1.98. The first-order valence-electron chi connectivity index (χ1n) is 10.8. The molecule has 32 heavy (non-hydrogen) atoms. The van der Waals surface area contributed by atoms with Gasteiger partial charge in [0.1, 0.15) is 17.4 Å². The molecule has 2 aromatic carbocycles. The molecule has 3 heterocycles. The van der Waals surface area contributed by atoms with E-state index in [9.17, 15) is 5.11 Å². The van der Waals surface area contributed by atoms with Crippen molar-refractivity contribution in [2.45, 2.75) is 19.3 Å². The fourth-order valence-corrected chi connectivity index (χ4v) is 4.51. The zero-order valence-electron chi connectivity index (χ0n) is 18.3. The second kappa shape index (κ2) is 8.11. The summed E-state index contributed by atoms with van der Waals surface area (Å²) in [6.07, 6.45) is 3.73. The van der Waals surface area contributed by atoms with Crippen molar-refractivity contribution in [1.82, 2.24) is 9.97 Å². The fraction of sp³-hybridized carbons (Fsp3) is 0.333. The van der Waals surface area contributed by atoms with E-state index in [2.05, 4.69) is 27.0 Å². The first-order valence-corrected chi connectivity index (χ1v) is 10.8. The lowest BCUT2D eigenvalue weighted by Crippen LogP contribution is -2.29. The summed E-state index contributed by atoms with van der Waals surface area (Å²) < 4.78 is 10.7. The Morgan fingerprint density at radius 3 is 2.47 bits per heavy atom. The van der Waals surface area contributed by atoms with Gasteiger partial charge >= 0.3 is 0 Å².